The van der Waals surface area contributed by atoms with Crippen molar-refractivity contribution in [2.75, 3.05) is 0 Å². The monoisotopic (exact) mass is 202 g/mol. The summed E-state index contributed by atoms with van der Waals surface area (Å²) in [4.78, 5) is 11.5. The highest BCUT2D eigenvalue weighted by molar-refractivity contribution is 6.00. The third kappa shape index (κ3) is 2.46. The Morgan fingerprint density at radius 2 is 1.73 bits per heavy atom. The van der Waals surface area contributed by atoms with Crippen LogP contribution in [-0.4, -0.2) is 10.9 Å². The molecule has 0 saturated heterocycles. The minimum absolute atomic E-state index is 0.257. The van der Waals surface area contributed by atoms with Gasteiger partial charge in [-0.1, -0.05) is 12.1 Å². The lowest BCUT2D eigenvalue weighted by Gasteiger charge is -2.12. The van der Waals surface area contributed by atoms with E-state index in [1.54, 1.807) is 12.1 Å². The Morgan fingerprint density at radius 3 is 2.40 bits per heavy atom. The predicted octanol–water partition coefficient (Wildman–Crippen LogP) is 2.92. The summed E-state index contributed by atoms with van der Waals surface area (Å²) >= 11 is 0. The highest BCUT2D eigenvalue weighted by atomic mass is 16.3. The van der Waals surface area contributed by atoms with Crippen molar-refractivity contribution in [3.63, 3.8) is 0 Å². The van der Waals surface area contributed by atoms with Gasteiger partial charge in [-0.2, -0.15) is 0 Å². The molecule has 0 unspecified atom stereocenters. The molecule has 1 saturated carbocycles. The van der Waals surface area contributed by atoms with Crippen LogP contribution in [0.3, 0.4) is 0 Å². The van der Waals surface area contributed by atoms with Gasteiger partial charge < -0.3 is 5.11 Å². The Kier molecular flexibility index (Phi) is 2.86. The van der Waals surface area contributed by atoms with Crippen molar-refractivity contribution in [3.8, 4) is 5.75 Å². The minimum Gasteiger partial charge on any atom is -0.508 e. The van der Waals surface area contributed by atoms with Crippen LogP contribution in [0.5, 0.6) is 5.75 Å². The largest absolute Gasteiger partial charge is 0.508 e. The molecule has 1 fully saturated rings. The van der Waals surface area contributed by atoms with Gasteiger partial charge in [-0.3, -0.25) is 4.79 Å². The standard InChI is InChI=1S/C13H14O2/c14-12-7-5-10(6-8-12)9-11-3-1-2-4-13(11)15/h5-9,14H,1-4H2/b11-9+. The highest BCUT2D eigenvalue weighted by Gasteiger charge is 2.14. The maximum atomic E-state index is 11.5. The molecule has 1 N–H and O–H groups in total. The summed E-state index contributed by atoms with van der Waals surface area (Å²) in [6, 6.07) is 6.92. The molecule has 15 heavy (non-hydrogen) atoms. The first-order chi connectivity index (χ1) is 7.25. The molecule has 0 radical (unpaired) electrons. The van der Waals surface area contributed by atoms with Crippen molar-refractivity contribution in [2.24, 2.45) is 0 Å². The lowest BCUT2D eigenvalue weighted by Crippen LogP contribution is -2.07. The van der Waals surface area contributed by atoms with Crippen molar-refractivity contribution in [1.29, 1.82) is 0 Å². The molecule has 78 valence electrons. The smallest absolute Gasteiger partial charge is 0.158 e. The Bertz CT molecular complexity index is 388. The average Bonchev–Trinajstić information content (AvgIpc) is 2.25. The number of rotatable bonds is 1. The molecular formula is C13H14O2. The van der Waals surface area contributed by atoms with Crippen LogP contribution in [0.15, 0.2) is 29.8 Å². The number of ketones is 1. The van der Waals surface area contributed by atoms with Crippen LogP contribution in [-0.2, 0) is 4.79 Å². The number of carbonyl (C=O) groups excluding carboxylic acids is 1. The summed E-state index contributed by atoms with van der Waals surface area (Å²) < 4.78 is 0. The van der Waals surface area contributed by atoms with E-state index in [2.05, 4.69) is 0 Å². The lowest BCUT2D eigenvalue weighted by molar-refractivity contribution is -0.116. The fourth-order valence-electron chi connectivity index (χ4n) is 1.83. The summed E-state index contributed by atoms with van der Waals surface area (Å²) in [7, 11) is 0. The Balaban J connectivity index is 2.21. The first-order valence-corrected chi connectivity index (χ1v) is 5.28. The number of allylic oxidation sites excluding steroid dienone is 1. The molecule has 0 atom stereocenters. The van der Waals surface area contributed by atoms with Gasteiger partial charge in [0.15, 0.2) is 5.78 Å². The highest BCUT2D eigenvalue weighted by Crippen LogP contribution is 2.22. The van der Waals surface area contributed by atoms with E-state index in [1.807, 2.05) is 18.2 Å². The molecule has 2 rings (SSSR count). The van der Waals surface area contributed by atoms with E-state index in [1.165, 1.54) is 0 Å². The van der Waals surface area contributed by atoms with Crippen molar-refractivity contribution in [1.82, 2.24) is 0 Å². The number of phenols is 1. The predicted molar refractivity (Wildman–Crippen MR) is 59.6 cm³/mol. The SMILES string of the molecule is O=C1CCCC/C1=C\c1ccc(O)cc1. The maximum Gasteiger partial charge on any atom is 0.158 e. The van der Waals surface area contributed by atoms with Gasteiger partial charge >= 0.3 is 0 Å². The molecule has 2 nitrogen and oxygen atoms in total. The topological polar surface area (TPSA) is 37.3 Å². The zero-order valence-corrected chi connectivity index (χ0v) is 8.57. The second-order valence-electron chi connectivity index (χ2n) is 3.89. The lowest BCUT2D eigenvalue weighted by atomic mass is 9.92. The normalized spacial score (nSPS) is 19.5. The minimum atomic E-state index is 0.257. The third-order valence-electron chi connectivity index (χ3n) is 2.69. The molecule has 0 aliphatic heterocycles. The molecule has 0 bridgehead atoms. The Morgan fingerprint density at radius 1 is 1.07 bits per heavy atom. The van der Waals surface area contributed by atoms with Crippen LogP contribution in [0.1, 0.15) is 31.2 Å². The fraction of sp³-hybridized carbons (Fsp3) is 0.308. The van der Waals surface area contributed by atoms with Crippen LogP contribution in [0.2, 0.25) is 0 Å². The van der Waals surface area contributed by atoms with Crippen molar-refractivity contribution < 1.29 is 9.90 Å². The summed E-state index contributed by atoms with van der Waals surface area (Å²) in [6.45, 7) is 0. The number of aromatic hydroxyl groups is 1. The van der Waals surface area contributed by atoms with E-state index in [9.17, 15) is 4.79 Å². The average molecular weight is 202 g/mol. The Hall–Kier alpha value is -1.57. The van der Waals surface area contributed by atoms with Gasteiger partial charge in [-0.25, -0.2) is 0 Å². The van der Waals surface area contributed by atoms with E-state index in [0.717, 1.165) is 30.4 Å². The van der Waals surface area contributed by atoms with Crippen LogP contribution >= 0.6 is 0 Å². The molecule has 2 heteroatoms. The molecule has 0 spiro atoms. The van der Waals surface area contributed by atoms with E-state index in [-0.39, 0.29) is 11.5 Å². The number of carbonyl (C=O) groups is 1. The van der Waals surface area contributed by atoms with Gasteiger partial charge in [0.1, 0.15) is 5.75 Å². The molecule has 0 amide bonds. The van der Waals surface area contributed by atoms with Gasteiger partial charge in [0.25, 0.3) is 0 Å². The summed E-state index contributed by atoms with van der Waals surface area (Å²) in [6.07, 6.45) is 5.63. The summed E-state index contributed by atoms with van der Waals surface area (Å²) in [5.41, 5.74) is 1.91. The molecular weight excluding hydrogens is 188 g/mol. The second-order valence-corrected chi connectivity index (χ2v) is 3.89. The number of phenolic OH excluding ortho intramolecular Hbond substituents is 1. The van der Waals surface area contributed by atoms with Gasteiger partial charge in [-0.15, -0.1) is 0 Å². The fourth-order valence-corrected chi connectivity index (χ4v) is 1.83. The Labute approximate surface area is 89.2 Å². The van der Waals surface area contributed by atoms with Gasteiger partial charge in [0.2, 0.25) is 0 Å². The van der Waals surface area contributed by atoms with E-state index < -0.39 is 0 Å². The third-order valence-corrected chi connectivity index (χ3v) is 2.69. The zero-order valence-electron chi connectivity index (χ0n) is 8.57. The second kappa shape index (κ2) is 4.30. The molecule has 1 aliphatic carbocycles. The van der Waals surface area contributed by atoms with E-state index in [4.69, 9.17) is 5.11 Å². The number of hydrogen-bond donors (Lipinski definition) is 1. The quantitative estimate of drug-likeness (QED) is 0.711. The zero-order chi connectivity index (χ0) is 10.7. The van der Waals surface area contributed by atoms with Crippen LogP contribution in [0, 0.1) is 0 Å². The van der Waals surface area contributed by atoms with Gasteiger partial charge in [0, 0.05) is 6.42 Å². The van der Waals surface area contributed by atoms with Gasteiger partial charge in [-0.05, 0) is 48.6 Å². The molecule has 0 heterocycles. The van der Waals surface area contributed by atoms with Crippen molar-refractivity contribution in [2.45, 2.75) is 25.7 Å². The van der Waals surface area contributed by atoms with Crippen LogP contribution in [0.4, 0.5) is 0 Å². The molecule has 1 aliphatic rings. The van der Waals surface area contributed by atoms with Gasteiger partial charge in [0.05, 0.1) is 0 Å². The molecule has 1 aromatic rings. The van der Waals surface area contributed by atoms with Crippen molar-refractivity contribution >= 4 is 11.9 Å². The number of Topliss-reactive ketones (excluding diaryl/α,β-unsaturated/α-hetero) is 1. The van der Waals surface area contributed by atoms with Crippen LogP contribution in [0.25, 0.3) is 6.08 Å². The maximum absolute atomic E-state index is 11.5. The summed E-state index contributed by atoms with van der Waals surface area (Å²) in [5, 5.41) is 9.13. The van der Waals surface area contributed by atoms with E-state index in [0.29, 0.717) is 6.42 Å². The van der Waals surface area contributed by atoms with E-state index >= 15 is 0 Å². The van der Waals surface area contributed by atoms with Crippen molar-refractivity contribution in [3.05, 3.63) is 35.4 Å². The molecule has 0 aromatic heterocycles. The first kappa shape index (κ1) is 9.97. The van der Waals surface area contributed by atoms with Crippen LogP contribution < -0.4 is 0 Å². The summed E-state index contributed by atoms with van der Waals surface area (Å²) in [5.74, 6) is 0.529. The first-order valence-electron chi connectivity index (χ1n) is 5.28. The number of hydrogen-bond acceptors (Lipinski definition) is 2. The number of benzene rings is 1. The molecule has 1 aromatic carbocycles.